The first-order chi connectivity index (χ1) is 18.7. The zero-order chi connectivity index (χ0) is 27.3. The van der Waals surface area contributed by atoms with Gasteiger partial charge in [0, 0.05) is 38.5 Å². The van der Waals surface area contributed by atoms with Gasteiger partial charge >= 0.3 is 0 Å². The lowest BCUT2D eigenvalue weighted by atomic mass is 9.82. The number of piperidine rings is 1. The van der Waals surface area contributed by atoms with Gasteiger partial charge in [0.15, 0.2) is 0 Å². The zero-order valence-corrected chi connectivity index (χ0v) is 23.4. The number of carbonyl (C=O) groups excluding carboxylic acids is 1. The first-order valence-corrected chi connectivity index (χ1v) is 15.6. The third-order valence-corrected chi connectivity index (χ3v) is 10.6. The normalized spacial score (nSPS) is 21.6. The van der Waals surface area contributed by atoms with E-state index < -0.39 is 16.6 Å². The molecule has 0 unspecified atom stereocenters. The number of amides is 1. The van der Waals surface area contributed by atoms with Crippen LogP contribution in [0.2, 0.25) is 0 Å². The molecule has 3 fully saturated rings. The minimum Gasteiger partial charge on any atom is -0.395 e. The molecule has 6 rings (SSSR count). The Bertz CT molecular complexity index is 1360. The highest BCUT2D eigenvalue weighted by Crippen LogP contribution is 2.54. The molecule has 3 heterocycles. The van der Waals surface area contributed by atoms with Crippen molar-refractivity contribution in [3.63, 3.8) is 0 Å². The molecule has 39 heavy (non-hydrogen) atoms. The van der Waals surface area contributed by atoms with Gasteiger partial charge in [0.2, 0.25) is 10.0 Å². The fourth-order valence-electron chi connectivity index (χ4n) is 6.69. The number of carbonyl (C=O) groups is 1. The molecule has 2 aromatic rings. The molecule has 0 bridgehead atoms. The lowest BCUT2D eigenvalue weighted by Crippen LogP contribution is -2.43. The number of anilines is 3. The van der Waals surface area contributed by atoms with Gasteiger partial charge in [-0.3, -0.25) is 14.4 Å². The van der Waals surface area contributed by atoms with Gasteiger partial charge in [0.05, 0.1) is 34.8 Å². The molecule has 0 atom stereocenters. The predicted octanol–water partition coefficient (Wildman–Crippen LogP) is 3.50. The summed E-state index contributed by atoms with van der Waals surface area (Å²) in [6.45, 7) is 3.57. The van der Waals surface area contributed by atoms with E-state index >= 15 is 0 Å². The highest BCUT2D eigenvalue weighted by Gasteiger charge is 2.45. The van der Waals surface area contributed by atoms with Gasteiger partial charge in [-0.15, -0.1) is 0 Å². The van der Waals surface area contributed by atoms with Crippen molar-refractivity contribution in [2.75, 3.05) is 60.6 Å². The number of nitrogens with one attached hydrogen (secondary N) is 2. The Morgan fingerprint density at radius 1 is 1.00 bits per heavy atom. The number of aliphatic hydroxyl groups is 1. The SMILES string of the molecule is CN1Cc2ccc(NC(=O)c3ccc(NS(=O)(=O)CCO)cc3N3CCC4(CC3)CC4)cc2C12CCOCC2. The summed E-state index contributed by atoms with van der Waals surface area (Å²) in [6, 6.07) is 11.3. The van der Waals surface area contributed by atoms with E-state index in [9.17, 15) is 13.2 Å². The Labute approximate surface area is 230 Å². The van der Waals surface area contributed by atoms with Crippen LogP contribution in [0.3, 0.4) is 0 Å². The van der Waals surface area contributed by atoms with Gasteiger partial charge in [-0.2, -0.15) is 0 Å². The van der Waals surface area contributed by atoms with Crippen molar-refractivity contribution in [3.8, 4) is 0 Å². The van der Waals surface area contributed by atoms with Crippen molar-refractivity contribution in [1.29, 1.82) is 0 Å². The van der Waals surface area contributed by atoms with E-state index in [1.165, 1.54) is 24.0 Å². The molecule has 2 aromatic carbocycles. The fourth-order valence-corrected chi connectivity index (χ4v) is 7.52. The van der Waals surface area contributed by atoms with Crippen LogP contribution in [0.1, 0.15) is 60.0 Å². The number of ether oxygens (including phenoxy) is 1. The summed E-state index contributed by atoms with van der Waals surface area (Å²) in [5, 5.41) is 12.2. The summed E-state index contributed by atoms with van der Waals surface area (Å²) in [5.74, 6) is -0.591. The van der Waals surface area contributed by atoms with Crippen molar-refractivity contribution in [2.45, 2.75) is 50.6 Å². The second kappa shape index (κ2) is 10.1. The zero-order valence-electron chi connectivity index (χ0n) is 22.5. The number of nitrogens with zero attached hydrogens (tertiary/aromatic N) is 2. The van der Waals surface area contributed by atoms with Gasteiger partial charge in [0.1, 0.15) is 0 Å². The highest BCUT2D eigenvalue weighted by atomic mass is 32.2. The predicted molar refractivity (Wildman–Crippen MR) is 152 cm³/mol. The molecule has 3 N–H and O–H groups in total. The average molecular weight is 555 g/mol. The maximum absolute atomic E-state index is 13.7. The highest BCUT2D eigenvalue weighted by molar-refractivity contribution is 7.92. The minimum atomic E-state index is -3.68. The Hall–Kier alpha value is -2.66. The van der Waals surface area contributed by atoms with Crippen LogP contribution in [0.4, 0.5) is 17.1 Å². The van der Waals surface area contributed by atoms with Crippen LogP contribution in [0.5, 0.6) is 0 Å². The summed E-state index contributed by atoms with van der Waals surface area (Å²) in [5.41, 5.74) is 5.37. The van der Waals surface area contributed by atoms with E-state index in [1.54, 1.807) is 18.2 Å². The third-order valence-electron chi connectivity index (χ3n) is 9.32. The fraction of sp³-hybridized carbons (Fsp3) is 0.552. The molecule has 2 spiro atoms. The molecule has 0 radical (unpaired) electrons. The van der Waals surface area contributed by atoms with Crippen LogP contribution in [0, 0.1) is 5.41 Å². The molecule has 0 aromatic heterocycles. The summed E-state index contributed by atoms with van der Waals surface area (Å²) in [4.78, 5) is 18.3. The Morgan fingerprint density at radius 2 is 1.72 bits per heavy atom. The van der Waals surface area contributed by atoms with Crippen molar-refractivity contribution >= 4 is 33.0 Å². The van der Waals surface area contributed by atoms with E-state index in [2.05, 4.69) is 39.0 Å². The Morgan fingerprint density at radius 3 is 2.41 bits per heavy atom. The monoisotopic (exact) mass is 554 g/mol. The molecule has 3 aliphatic heterocycles. The van der Waals surface area contributed by atoms with Crippen LogP contribution in [-0.4, -0.2) is 70.0 Å². The van der Waals surface area contributed by atoms with E-state index in [1.807, 2.05) is 6.07 Å². The van der Waals surface area contributed by atoms with Crippen LogP contribution >= 0.6 is 0 Å². The van der Waals surface area contributed by atoms with Crippen molar-refractivity contribution in [2.24, 2.45) is 5.41 Å². The summed E-state index contributed by atoms with van der Waals surface area (Å²) in [6.07, 6.45) is 6.58. The van der Waals surface area contributed by atoms with Gasteiger partial charge in [-0.1, -0.05) is 6.07 Å². The van der Waals surface area contributed by atoms with Crippen molar-refractivity contribution in [3.05, 3.63) is 53.1 Å². The standard InChI is InChI=1S/C29H38N4O5S/c1-32-20-21-2-3-22(18-25(21)29(32)10-15-38-16-11-29)30-27(35)24-5-4-23(31-39(36,37)17-14-34)19-26(24)33-12-8-28(6-7-28)9-13-33/h2-5,18-19,31,34H,6-17,20H2,1H3,(H,30,35). The van der Waals surface area contributed by atoms with Crippen LogP contribution in [0.15, 0.2) is 36.4 Å². The molecule has 210 valence electrons. The minimum absolute atomic E-state index is 0.0561. The lowest BCUT2D eigenvalue weighted by Gasteiger charge is -2.40. The number of benzene rings is 2. The molecular weight excluding hydrogens is 516 g/mol. The Balaban J connectivity index is 1.28. The topological polar surface area (TPSA) is 111 Å². The van der Waals surface area contributed by atoms with Gasteiger partial charge in [-0.25, -0.2) is 8.42 Å². The number of hydrogen-bond donors (Lipinski definition) is 3. The maximum Gasteiger partial charge on any atom is 0.257 e. The van der Waals surface area contributed by atoms with Gasteiger partial charge in [-0.05, 0) is 92.4 Å². The molecule has 10 heteroatoms. The van der Waals surface area contributed by atoms with Crippen LogP contribution < -0.4 is 14.9 Å². The maximum atomic E-state index is 13.7. The van der Waals surface area contributed by atoms with E-state index in [0.29, 0.717) is 16.7 Å². The molecule has 1 amide bonds. The molecule has 1 aliphatic carbocycles. The summed E-state index contributed by atoms with van der Waals surface area (Å²) >= 11 is 0. The second-order valence-corrected chi connectivity index (χ2v) is 13.5. The van der Waals surface area contributed by atoms with E-state index in [0.717, 1.165) is 69.9 Å². The first kappa shape index (κ1) is 26.6. The second-order valence-electron chi connectivity index (χ2n) is 11.7. The van der Waals surface area contributed by atoms with Crippen molar-refractivity contribution < 1.29 is 23.1 Å². The van der Waals surface area contributed by atoms with E-state index in [-0.39, 0.29) is 17.2 Å². The van der Waals surface area contributed by atoms with Gasteiger partial charge < -0.3 is 20.1 Å². The largest absolute Gasteiger partial charge is 0.395 e. The number of hydrogen-bond acceptors (Lipinski definition) is 7. The number of rotatable bonds is 7. The van der Waals surface area contributed by atoms with Crippen LogP contribution in [-0.2, 0) is 26.8 Å². The third kappa shape index (κ3) is 5.15. The molecule has 4 aliphatic rings. The average Bonchev–Trinajstić information content (AvgIpc) is 3.62. The molecular formula is C29H38N4O5S. The number of sulfonamides is 1. The van der Waals surface area contributed by atoms with Crippen LogP contribution in [0.25, 0.3) is 0 Å². The Kier molecular flexibility index (Phi) is 6.86. The first-order valence-electron chi connectivity index (χ1n) is 14.0. The van der Waals surface area contributed by atoms with Crippen molar-refractivity contribution in [1.82, 2.24) is 4.90 Å². The lowest BCUT2D eigenvalue weighted by molar-refractivity contribution is -0.0132. The van der Waals surface area contributed by atoms with Gasteiger partial charge in [0.25, 0.3) is 5.91 Å². The number of aliphatic hydroxyl groups excluding tert-OH is 1. The molecule has 9 nitrogen and oxygen atoms in total. The quantitative estimate of drug-likeness (QED) is 0.480. The molecule has 1 saturated carbocycles. The number of fused-ring (bicyclic) bond motifs is 2. The molecule has 2 saturated heterocycles. The van der Waals surface area contributed by atoms with E-state index in [4.69, 9.17) is 9.84 Å². The summed E-state index contributed by atoms with van der Waals surface area (Å²) < 4.78 is 32.8. The smallest absolute Gasteiger partial charge is 0.257 e. The summed E-state index contributed by atoms with van der Waals surface area (Å²) in [7, 11) is -1.52.